The average Bonchev–Trinajstić information content (AvgIpc) is 2.24. The molecule has 0 aromatic carbocycles. The van der Waals surface area contributed by atoms with Gasteiger partial charge >= 0.3 is 13.6 Å². The Labute approximate surface area is 89.4 Å². The Balaban J connectivity index is 3.78. The van der Waals surface area contributed by atoms with Crippen molar-refractivity contribution >= 4 is 13.6 Å². The highest BCUT2D eigenvalue weighted by Crippen LogP contribution is 2.45. The maximum absolute atomic E-state index is 11.5. The number of esters is 1. The highest BCUT2D eigenvalue weighted by molar-refractivity contribution is 7.54. The Kier molecular flexibility index (Phi) is 7.60. The lowest BCUT2D eigenvalue weighted by Crippen LogP contribution is -2.15. The normalized spacial score (nSPS) is 11.4. The van der Waals surface area contributed by atoms with Crippen molar-refractivity contribution in [2.45, 2.75) is 6.92 Å². The van der Waals surface area contributed by atoms with E-state index in [2.05, 4.69) is 9.05 Å². The first kappa shape index (κ1) is 14.6. The summed E-state index contributed by atoms with van der Waals surface area (Å²) in [5, 5.41) is 0. The van der Waals surface area contributed by atoms with Gasteiger partial charge in [-0.3, -0.25) is 9.36 Å². The fourth-order valence-corrected chi connectivity index (χ4v) is 1.58. The Hall–Kier alpha value is -0.420. The second kappa shape index (κ2) is 7.82. The van der Waals surface area contributed by atoms with E-state index in [9.17, 15) is 9.36 Å². The van der Waals surface area contributed by atoms with Crippen LogP contribution in [-0.2, 0) is 27.9 Å². The molecule has 0 atom stereocenters. The van der Waals surface area contributed by atoms with E-state index in [-0.39, 0.29) is 12.8 Å². The number of hydrogen-bond acceptors (Lipinski definition) is 6. The molecular weight excluding hydrogens is 223 g/mol. The Bertz CT molecular complexity index is 221. The lowest BCUT2D eigenvalue weighted by Gasteiger charge is -2.12. The van der Waals surface area contributed by atoms with Crippen LogP contribution < -0.4 is 0 Å². The fourth-order valence-electron chi connectivity index (χ4n) is 0.766. The van der Waals surface area contributed by atoms with Gasteiger partial charge in [0.2, 0.25) is 0 Å². The molecule has 90 valence electrons. The van der Waals surface area contributed by atoms with Gasteiger partial charge in [-0.1, -0.05) is 0 Å². The number of hydrogen-bond donors (Lipinski definition) is 0. The van der Waals surface area contributed by atoms with Gasteiger partial charge in [0.15, 0.2) is 0 Å². The van der Waals surface area contributed by atoms with E-state index < -0.39 is 13.6 Å². The van der Waals surface area contributed by atoms with Gasteiger partial charge in [-0.05, 0) is 6.92 Å². The summed E-state index contributed by atoms with van der Waals surface area (Å²) in [6.45, 7) is 2.87. The van der Waals surface area contributed by atoms with Crippen LogP contribution in [0.4, 0.5) is 0 Å². The van der Waals surface area contributed by atoms with Gasteiger partial charge in [0.1, 0.15) is 12.8 Å². The van der Waals surface area contributed by atoms with Crippen LogP contribution in [0.5, 0.6) is 0 Å². The second-order valence-electron chi connectivity index (χ2n) is 2.55. The number of ether oxygens (including phenoxy) is 2. The van der Waals surface area contributed by atoms with Crippen molar-refractivity contribution in [2.24, 2.45) is 0 Å². The summed E-state index contributed by atoms with van der Waals surface area (Å²) in [4.78, 5) is 11.1. The molecule has 7 heteroatoms. The quantitative estimate of drug-likeness (QED) is 0.359. The molecule has 0 saturated carbocycles. The van der Waals surface area contributed by atoms with E-state index >= 15 is 0 Å². The molecule has 0 radical (unpaired) electrons. The van der Waals surface area contributed by atoms with E-state index in [4.69, 9.17) is 9.47 Å². The summed E-state index contributed by atoms with van der Waals surface area (Å²) in [5.41, 5.74) is 0. The molecule has 15 heavy (non-hydrogen) atoms. The Morgan fingerprint density at radius 2 is 1.80 bits per heavy atom. The van der Waals surface area contributed by atoms with Crippen molar-refractivity contribution in [3.8, 4) is 0 Å². The van der Waals surface area contributed by atoms with E-state index in [0.717, 1.165) is 0 Å². The first-order chi connectivity index (χ1) is 7.08. The maximum atomic E-state index is 11.5. The molecule has 0 aromatic rings. The molecule has 0 unspecified atom stereocenters. The molecule has 0 aliphatic carbocycles. The molecular formula is C8H17O6P. The molecule has 0 rings (SSSR count). The topological polar surface area (TPSA) is 71.1 Å². The highest BCUT2D eigenvalue weighted by atomic mass is 31.2. The molecule has 0 fully saturated rings. The SMILES string of the molecule is CCOCCOC(=O)CP(=O)(OC)OC. The van der Waals surface area contributed by atoms with Gasteiger partial charge in [-0.2, -0.15) is 0 Å². The maximum Gasteiger partial charge on any atom is 0.341 e. The molecule has 0 aliphatic heterocycles. The molecule has 0 aromatic heterocycles. The van der Waals surface area contributed by atoms with Crippen LogP contribution in [0.3, 0.4) is 0 Å². The van der Waals surface area contributed by atoms with Gasteiger partial charge in [-0.15, -0.1) is 0 Å². The van der Waals surface area contributed by atoms with Gasteiger partial charge in [0.25, 0.3) is 0 Å². The molecule has 0 amide bonds. The average molecular weight is 240 g/mol. The van der Waals surface area contributed by atoms with Crippen LogP contribution in [0.1, 0.15) is 6.92 Å². The van der Waals surface area contributed by atoms with Crippen molar-refractivity contribution in [1.29, 1.82) is 0 Å². The molecule has 0 N–H and O–H groups in total. The van der Waals surface area contributed by atoms with Crippen LogP contribution in [0.2, 0.25) is 0 Å². The molecule has 6 nitrogen and oxygen atoms in total. The number of carbonyl (C=O) groups is 1. The second-order valence-corrected chi connectivity index (χ2v) is 4.82. The predicted molar refractivity (Wildman–Crippen MR) is 53.9 cm³/mol. The standard InChI is InChI=1S/C8H17O6P/c1-4-13-5-6-14-8(9)7-15(10,11-2)12-3/h4-7H2,1-3H3. The zero-order valence-corrected chi connectivity index (χ0v) is 10.1. The van der Waals surface area contributed by atoms with Crippen LogP contribution in [0.25, 0.3) is 0 Å². The molecule has 0 spiro atoms. The minimum atomic E-state index is -3.31. The first-order valence-corrected chi connectivity index (χ1v) is 6.24. The Morgan fingerprint density at radius 1 is 1.20 bits per heavy atom. The third-order valence-corrected chi connectivity index (χ3v) is 3.33. The van der Waals surface area contributed by atoms with E-state index in [1.165, 1.54) is 14.2 Å². The predicted octanol–water partition coefficient (Wildman–Crippen LogP) is 1.05. The summed E-state index contributed by atoms with van der Waals surface area (Å²) in [6.07, 6.45) is -0.383. The highest BCUT2D eigenvalue weighted by Gasteiger charge is 2.26. The largest absolute Gasteiger partial charge is 0.463 e. The van der Waals surface area contributed by atoms with E-state index in [1.54, 1.807) is 0 Å². The lowest BCUT2D eigenvalue weighted by molar-refractivity contribution is -0.142. The minimum absolute atomic E-state index is 0.139. The van der Waals surface area contributed by atoms with E-state index in [0.29, 0.717) is 13.2 Å². The zero-order valence-electron chi connectivity index (χ0n) is 9.23. The summed E-state index contributed by atoms with van der Waals surface area (Å²) in [6, 6.07) is 0. The van der Waals surface area contributed by atoms with E-state index in [1.807, 2.05) is 6.92 Å². The van der Waals surface area contributed by atoms with Crippen molar-refractivity contribution in [2.75, 3.05) is 40.2 Å². The van der Waals surface area contributed by atoms with Crippen LogP contribution in [0.15, 0.2) is 0 Å². The van der Waals surface area contributed by atoms with Crippen molar-refractivity contribution in [1.82, 2.24) is 0 Å². The van der Waals surface area contributed by atoms with Gasteiger partial charge in [0.05, 0.1) is 6.61 Å². The summed E-state index contributed by atoms with van der Waals surface area (Å²) < 4.78 is 30.4. The first-order valence-electron chi connectivity index (χ1n) is 4.52. The molecule has 0 aliphatic rings. The van der Waals surface area contributed by atoms with Crippen LogP contribution in [0, 0.1) is 0 Å². The fraction of sp³-hybridized carbons (Fsp3) is 0.875. The van der Waals surface area contributed by atoms with Gasteiger partial charge in [-0.25, -0.2) is 0 Å². The summed E-state index contributed by atoms with van der Waals surface area (Å²) >= 11 is 0. The number of carbonyl (C=O) groups excluding carboxylic acids is 1. The zero-order chi connectivity index (χ0) is 11.7. The van der Waals surface area contributed by atoms with Crippen molar-refractivity contribution in [3.63, 3.8) is 0 Å². The number of rotatable bonds is 8. The van der Waals surface area contributed by atoms with Crippen LogP contribution in [-0.4, -0.2) is 46.2 Å². The van der Waals surface area contributed by atoms with Gasteiger partial charge < -0.3 is 18.5 Å². The van der Waals surface area contributed by atoms with Crippen molar-refractivity contribution in [3.05, 3.63) is 0 Å². The van der Waals surface area contributed by atoms with Crippen molar-refractivity contribution < 1.29 is 27.9 Å². The Morgan fingerprint density at radius 3 is 2.27 bits per heavy atom. The molecule has 0 heterocycles. The minimum Gasteiger partial charge on any atom is -0.463 e. The third-order valence-electron chi connectivity index (χ3n) is 1.57. The smallest absolute Gasteiger partial charge is 0.341 e. The molecule has 0 bridgehead atoms. The summed E-state index contributed by atoms with van der Waals surface area (Å²) in [5.74, 6) is -0.623. The monoisotopic (exact) mass is 240 g/mol. The summed E-state index contributed by atoms with van der Waals surface area (Å²) in [7, 11) is -0.868. The third kappa shape index (κ3) is 6.62. The lowest BCUT2D eigenvalue weighted by atomic mass is 10.7. The van der Waals surface area contributed by atoms with Crippen LogP contribution >= 0.6 is 7.60 Å². The molecule has 0 saturated heterocycles. The van der Waals surface area contributed by atoms with Gasteiger partial charge in [0, 0.05) is 20.8 Å².